The van der Waals surface area contributed by atoms with Crippen molar-refractivity contribution in [1.29, 1.82) is 0 Å². The summed E-state index contributed by atoms with van der Waals surface area (Å²) in [6, 6.07) is 15.9. The highest BCUT2D eigenvalue weighted by atomic mass is 16.7. The van der Waals surface area contributed by atoms with Crippen LogP contribution in [0.15, 0.2) is 48.5 Å². The number of amides is 2. The minimum absolute atomic E-state index is 0.0785. The van der Waals surface area contributed by atoms with Gasteiger partial charge < -0.3 is 20.3 Å². The molecule has 0 heterocycles. The van der Waals surface area contributed by atoms with E-state index in [9.17, 15) is 19.5 Å². The smallest absolute Gasteiger partial charge is 0.407 e. The zero-order valence-corrected chi connectivity index (χ0v) is 16.0. The van der Waals surface area contributed by atoms with Gasteiger partial charge in [-0.15, -0.1) is 0 Å². The molecule has 158 valence electrons. The molecule has 0 saturated carbocycles. The lowest BCUT2D eigenvalue weighted by molar-refractivity contribution is -0.149. The number of aliphatic hydroxyl groups is 1. The van der Waals surface area contributed by atoms with Crippen molar-refractivity contribution in [3.63, 3.8) is 0 Å². The number of benzene rings is 2. The third-order valence-corrected chi connectivity index (χ3v) is 4.63. The number of aliphatic carboxylic acids is 1. The van der Waals surface area contributed by atoms with Crippen LogP contribution in [0.25, 0.3) is 11.1 Å². The van der Waals surface area contributed by atoms with E-state index in [1.807, 2.05) is 54.0 Å². The first kappa shape index (κ1) is 21.3. The van der Waals surface area contributed by atoms with Gasteiger partial charge in [0.2, 0.25) is 5.91 Å². The van der Waals surface area contributed by atoms with E-state index in [-0.39, 0.29) is 25.5 Å². The lowest BCUT2D eigenvalue weighted by atomic mass is 9.98. The SMILES string of the molecule is O=C(O)CONC(=O)CC(O)CNC(=O)OCC1c2ccccc2-c2ccccc21. The lowest BCUT2D eigenvalue weighted by Gasteiger charge is -2.15. The Hall–Kier alpha value is -3.43. The first-order valence-electron chi connectivity index (χ1n) is 9.35. The summed E-state index contributed by atoms with van der Waals surface area (Å²) in [7, 11) is 0. The van der Waals surface area contributed by atoms with Gasteiger partial charge in [0.1, 0.15) is 6.61 Å². The highest BCUT2D eigenvalue weighted by molar-refractivity contribution is 5.79. The van der Waals surface area contributed by atoms with Crippen molar-refractivity contribution >= 4 is 18.0 Å². The van der Waals surface area contributed by atoms with Gasteiger partial charge in [0.25, 0.3) is 0 Å². The molecule has 0 aromatic heterocycles. The summed E-state index contributed by atoms with van der Waals surface area (Å²) in [6.45, 7) is -0.762. The average Bonchev–Trinajstić information content (AvgIpc) is 3.04. The van der Waals surface area contributed by atoms with Crippen LogP contribution < -0.4 is 10.8 Å². The van der Waals surface area contributed by atoms with Crippen molar-refractivity contribution in [2.75, 3.05) is 19.8 Å². The standard InChI is InChI=1S/C21H22N2O7/c24-13(9-19(25)23-30-12-20(26)27)10-22-21(28)29-11-18-16-7-3-1-5-14(16)15-6-2-4-8-17(15)18/h1-8,13,18,24H,9-12H2,(H,22,28)(H,23,25)(H,26,27). The molecule has 0 saturated heterocycles. The fourth-order valence-corrected chi connectivity index (χ4v) is 3.36. The number of hydroxylamine groups is 1. The minimum Gasteiger partial charge on any atom is -0.479 e. The fraction of sp³-hybridized carbons (Fsp3) is 0.286. The Morgan fingerprint density at radius 1 is 1.00 bits per heavy atom. The number of fused-ring (bicyclic) bond motifs is 3. The van der Waals surface area contributed by atoms with Crippen LogP contribution in [-0.4, -0.2) is 54.0 Å². The maximum absolute atomic E-state index is 12.0. The summed E-state index contributed by atoms with van der Waals surface area (Å²) in [5, 5.41) is 20.6. The Kier molecular flexibility index (Phi) is 6.99. The van der Waals surface area contributed by atoms with Gasteiger partial charge in [-0.3, -0.25) is 9.63 Å². The van der Waals surface area contributed by atoms with Gasteiger partial charge in [0.05, 0.1) is 12.5 Å². The highest BCUT2D eigenvalue weighted by Gasteiger charge is 2.29. The molecule has 1 unspecified atom stereocenters. The first-order chi connectivity index (χ1) is 14.5. The molecule has 2 aromatic carbocycles. The quantitative estimate of drug-likeness (QED) is 0.456. The number of hydrogen-bond acceptors (Lipinski definition) is 6. The van der Waals surface area contributed by atoms with Gasteiger partial charge >= 0.3 is 12.1 Å². The Bertz CT molecular complexity index is 886. The molecule has 0 spiro atoms. The molecule has 0 radical (unpaired) electrons. The number of carbonyl (C=O) groups is 3. The molecule has 0 bridgehead atoms. The molecule has 0 aliphatic heterocycles. The van der Waals surface area contributed by atoms with Crippen molar-refractivity contribution in [3.05, 3.63) is 59.7 Å². The minimum atomic E-state index is -1.24. The molecule has 30 heavy (non-hydrogen) atoms. The monoisotopic (exact) mass is 414 g/mol. The van der Waals surface area contributed by atoms with E-state index in [0.29, 0.717) is 0 Å². The van der Waals surface area contributed by atoms with Crippen LogP contribution in [0.2, 0.25) is 0 Å². The number of carboxylic acids is 1. The van der Waals surface area contributed by atoms with E-state index in [1.165, 1.54) is 0 Å². The normalized spacial score (nSPS) is 13.1. The molecule has 2 aromatic rings. The zero-order valence-electron chi connectivity index (χ0n) is 16.0. The van der Waals surface area contributed by atoms with Crippen molar-refractivity contribution in [3.8, 4) is 11.1 Å². The number of carbonyl (C=O) groups excluding carboxylic acids is 2. The van der Waals surface area contributed by atoms with Gasteiger partial charge in [0, 0.05) is 12.5 Å². The fourth-order valence-electron chi connectivity index (χ4n) is 3.36. The number of alkyl carbamates (subject to hydrolysis) is 1. The highest BCUT2D eigenvalue weighted by Crippen LogP contribution is 2.44. The van der Waals surface area contributed by atoms with Crippen molar-refractivity contribution in [2.24, 2.45) is 0 Å². The van der Waals surface area contributed by atoms with Crippen LogP contribution in [0, 0.1) is 0 Å². The molecule has 1 aliphatic rings. The van der Waals surface area contributed by atoms with Gasteiger partial charge in [0.15, 0.2) is 6.61 Å². The molecule has 9 nitrogen and oxygen atoms in total. The van der Waals surface area contributed by atoms with Crippen LogP contribution in [0.3, 0.4) is 0 Å². The maximum atomic E-state index is 12.0. The molecule has 0 fully saturated rings. The Morgan fingerprint density at radius 3 is 2.20 bits per heavy atom. The predicted octanol–water partition coefficient (Wildman–Crippen LogP) is 1.41. The summed E-state index contributed by atoms with van der Waals surface area (Å²) in [6.07, 6.45) is -2.26. The third kappa shape index (κ3) is 5.34. The Balaban J connectivity index is 1.45. The zero-order chi connectivity index (χ0) is 21.5. The summed E-state index contributed by atoms with van der Waals surface area (Å²) >= 11 is 0. The van der Waals surface area contributed by atoms with Crippen LogP contribution in [-0.2, 0) is 19.2 Å². The van der Waals surface area contributed by atoms with Crippen molar-refractivity contribution in [2.45, 2.75) is 18.4 Å². The third-order valence-electron chi connectivity index (χ3n) is 4.63. The summed E-state index contributed by atoms with van der Waals surface area (Å²) in [5.41, 5.74) is 6.30. The molecule has 4 N–H and O–H groups in total. The van der Waals surface area contributed by atoms with Gasteiger partial charge in [-0.2, -0.15) is 0 Å². The largest absolute Gasteiger partial charge is 0.479 e. The maximum Gasteiger partial charge on any atom is 0.407 e. The van der Waals surface area contributed by atoms with E-state index in [4.69, 9.17) is 9.84 Å². The van der Waals surface area contributed by atoms with E-state index >= 15 is 0 Å². The molecule has 2 amide bonds. The van der Waals surface area contributed by atoms with Gasteiger partial charge in [-0.1, -0.05) is 48.5 Å². The molecular formula is C21H22N2O7. The lowest BCUT2D eigenvalue weighted by Crippen LogP contribution is -2.37. The first-order valence-corrected chi connectivity index (χ1v) is 9.35. The second-order valence-electron chi connectivity index (χ2n) is 6.77. The second kappa shape index (κ2) is 9.86. The average molecular weight is 414 g/mol. The second-order valence-corrected chi connectivity index (χ2v) is 6.77. The molecule has 9 heteroatoms. The van der Waals surface area contributed by atoms with Crippen molar-refractivity contribution < 1.29 is 34.2 Å². The van der Waals surface area contributed by atoms with E-state index in [2.05, 4.69) is 10.2 Å². The number of ether oxygens (including phenoxy) is 1. The Labute approximate surface area is 172 Å². The number of hydrogen-bond donors (Lipinski definition) is 4. The van der Waals surface area contributed by atoms with E-state index < -0.39 is 30.7 Å². The topological polar surface area (TPSA) is 134 Å². The number of rotatable bonds is 9. The number of nitrogens with one attached hydrogen (secondary N) is 2. The van der Waals surface area contributed by atoms with Crippen LogP contribution in [0.1, 0.15) is 23.5 Å². The number of aliphatic hydroxyl groups excluding tert-OH is 1. The summed E-state index contributed by atoms with van der Waals surface area (Å²) in [5.74, 6) is -2.03. The van der Waals surface area contributed by atoms with Gasteiger partial charge in [-0.25, -0.2) is 15.1 Å². The number of carboxylic acid groups (broad SMARTS) is 1. The van der Waals surface area contributed by atoms with Crippen molar-refractivity contribution in [1.82, 2.24) is 10.8 Å². The summed E-state index contributed by atoms with van der Waals surface area (Å²) in [4.78, 5) is 38.2. The molecular weight excluding hydrogens is 392 g/mol. The van der Waals surface area contributed by atoms with Crippen LogP contribution in [0.4, 0.5) is 4.79 Å². The Morgan fingerprint density at radius 2 is 1.60 bits per heavy atom. The molecule has 1 aliphatic carbocycles. The predicted molar refractivity (Wildman–Crippen MR) is 105 cm³/mol. The van der Waals surface area contributed by atoms with Crippen LogP contribution in [0.5, 0.6) is 0 Å². The molecule has 1 atom stereocenters. The van der Waals surface area contributed by atoms with E-state index in [0.717, 1.165) is 22.3 Å². The van der Waals surface area contributed by atoms with Gasteiger partial charge in [-0.05, 0) is 22.3 Å². The summed E-state index contributed by atoms with van der Waals surface area (Å²) < 4.78 is 5.33. The molecule has 3 rings (SSSR count). The van der Waals surface area contributed by atoms with E-state index in [1.54, 1.807) is 0 Å². The van der Waals surface area contributed by atoms with Crippen LogP contribution >= 0.6 is 0 Å².